The van der Waals surface area contributed by atoms with Crippen molar-refractivity contribution in [3.05, 3.63) is 59.7 Å². The first-order chi connectivity index (χ1) is 10.2. The molecule has 0 atom stereocenters. The molecule has 4 nitrogen and oxygen atoms in total. The largest absolute Gasteiger partial charge is 0.504 e. The van der Waals surface area contributed by atoms with Crippen LogP contribution in [0.25, 0.3) is 6.08 Å². The second-order valence-electron chi connectivity index (χ2n) is 4.31. The highest BCUT2D eigenvalue weighted by Gasteiger charge is 2.17. The minimum atomic E-state index is -0.308. The lowest BCUT2D eigenvalue weighted by Gasteiger charge is -2.11. The van der Waals surface area contributed by atoms with Crippen molar-refractivity contribution in [3.63, 3.8) is 0 Å². The molecule has 0 aliphatic heterocycles. The molecule has 2 aromatic rings. The molecule has 0 radical (unpaired) electrons. The summed E-state index contributed by atoms with van der Waals surface area (Å²) in [7, 11) is 2.87. The molecule has 1 N–H and O–H groups in total. The summed E-state index contributed by atoms with van der Waals surface area (Å²) in [6, 6.07) is 12.5. The van der Waals surface area contributed by atoms with Crippen LogP contribution in [0.5, 0.6) is 17.2 Å². The molecule has 0 saturated heterocycles. The lowest BCUT2D eigenvalue weighted by Crippen LogP contribution is -1.99. The van der Waals surface area contributed by atoms with Gasteiger partial charge in [0.15, 0.2) is 17.3 Å². The highest BCUT2D eigenvalue weighted by Crippen LogP contribution is 2.39. The Labute approximate surface area is 123 Å². The summed E-state index contributed by atoms with van der Waals surface area (Å²) in [5.41, 5.74) is 1.07. The fourth-order valence-corrected chi connectivity index (χ4v) is 1.94. The van der Waals surface area contributed by atoms with Crippen molar-refractivity contribution >= 4 is 11.9 Å². The predicted molar refractivity (Wildman–Crippen MR) is 81.0 cm³/mol. The summed E-state index contributed by atoms with van der Waals surface area (Å²) < 4.78 is 10.1. The zero-order valence-electron chi connectivity index (χ0n) is 11.9. The molecule has 108 valence electrons. The Morgan fingerprint density at radius 2 is 1.76 bits per heavy atom. The number of hydrogen-bond donors (Lipinski definition) is 1. The molecule has 0 bridgehead atoms. The summed E-state index contributed by atoms with van der Waals surface area (Å²) in [6.45, 7) is 0. The van der Waals surface area contributed by atoms with Crippen molar-refractivity contribution < 1.29 is 19.4 Å². The van der Waals surface area contributed by atoms with Crippen molar-refractivity contribution in [2.24, 2.45) is 0 Å². The number of benzene rings is 2. The molecular weight excluding hydrogens is 268 g/mol. The number of ether oxygens (including phenoxy) is 2. The van der Waals surface area contributed by atoms with Gasteiger partial charge in [-0.1, -0.05) is 36.4 Å². The Hall–Kier alpha value is -2.75. The number of allylic oxidation sites excluding steroid dienone is 1. The van der Waals surface area contributed by atoms with Gasteiger partial charge in [0.25, 0.3) is 0 Å². The highest BCUT2D eigenvalue weighted by molar-refractivity contribution is 6.09. The number of aromatic hydroxyl groups is 1. The maximum atomic E-state index is 12.2. The first kappa shape index (κ1) is 14.7. The number of carbonyl (C=O) groups is 1. The molecule has 0 amide bonds. The molecule has 2 aromatic carbocycles. The predicted octanol–water partition coefficient (Wildman–Crippen LogP) is 3.31. The van der Waals surface area contributed by atoms with Crippen LogP contribution in [0.15, 0.2) is 48.5 Å². The number of ketones is 1. The number of phenols is 1. The topological polar surface area (TPSA) is 55.8 Å². The number of carbonyl (C=O) groups excluding carboxylic acids is 1. The van der Waals surface area contributed by atoms with Gasteiger partial charge in [-0.2, -0.15) is 0 Å². The van der Waals surface area contributed by atoms with Crippen molar-refractivity contribution in [1.29, 1.82) is 0 Å². The number of hydrogen-bond acceptors (Lipinski definition) is 4. The monoisotopic (exact) mass is 284 g/mol. The maximum absolute atomic E-state index is 12.2. The van der Waals surface area contributed by atoms with Crippen LogP contribution in [-0.2, 0) is 0 Å². The average molecular weight is 284 g/mol. The van der Waals surface area contributed by atoms with Gasteiger partial charge in [0, 0.05) is 0 Å². The molecule has 4 heteroatoms. The molecule has 0 aliphatic rings. The fourth-order valence-electron chi connectivity index (χ4n) is 1.94. The molecular formula is C17H16O4. The molecule has 0 aromatic heterocycles. The van der Waals surface area contributed by atoms with E-state index in [1.54, 1.807) is 12.1 Å². The van der Waals surface area contributed by atoms with Gasteiger partial charge in [0.05, 0.1) is 19.8 Å². The summed E-state index contributed by atoms with van der Waals surface area (Å²) >= 11 is 0. The van der Waals surface area contributed by atoms with E-state index >= 15 is 0 Å². The third kappa shape index (κ3) is 3.23. The minimum Gasteiger partial charge on any atom is -0.504 e. The van der Waals surface area contributed by atoms with Gasteiger partial charge in [-0.05, 0) is 23.8 Å². The number of phenolic OH excluding ortho intramolecular Hbond substituents is 1. The summed E-state index contributed by atoms with van der Waals surface area (Å²) in [4.78, 5) is 12.2. The first-order valence-electron chi connectivity index (χ1n) is 6.38. The van der Waals surface area contributed by atoms with E-state index in [0.29, 0.717) is 5.75 Å². The van der Waals surface area contributed by atoms with Crippen molar-refractivity contribution in [3.8, 4) is 17.2 Å². The van der Waals surface area contributed by atoms with E-state index in [9.17, 15) is 9.90 Å². The Morgan fingerprint density at radius 3 is 2.38 bits per heavy atom. The van der Waals surface area contributed by atoms with E-state index < -0.39 is 0 Å². The SMILES string of the molecule is COc1ccc(C(=O)/C=C\c2ccccc2)c(O)c1OC. The molecule has 0 aliphatic carbocycles. The number of methoxy groups -OCH3 is 2. The smallest absolute Gasteiger partial charge is 0.203 e. The van der Waals surface area contributed by atoms with Crippen LogP contribution in [0.4, 0.5) is 0 Å². The van der Waals surface area contributed by atoms with Crippen LogP contribution in [-0.4, -0.2) is 25.1 Å². The van der Waals surface area contributed by atoms with E-state index in [1.807, 2.05) is 30.3 Å². The van der Waals surface area contributed by atoms with Crippen LogP contribution in [0.2, 0.25) is 0 Å². The zero-order chi connectivity index (χ0) is 15.2. The summed E-state index contributed by atoms with van der Waals surface area (Å²) in [5.74, 6) is -0.00748. The van der Waals surface area contributed by atoms with Crippen molar-refractivity contribution in [1.82, 2.24) is 0 Å². The molecule has 0 saturated carbocycles. The lowest BCUT2D eigenvalue weighted by atomic mass is 10.1. The van der Waals surface area contributed by atoms with Gasteiger partial charge in [-0.15, -0.1) is 0 Å². The standard InChI is InChI=1S/C17H16O4/c1-20-15-11-9-13(16(19)17(15)21-2)14(18)10-8-12-6-4-3-5-7-12/h3-11,19H,1-2H3/b10-8-. The molecule has 2 rings (SSSR count). The third-order valence-corrected chi connectivity index (χ3v) is 3.01. The van der Waals surface area contributed by atoms with Crippen molar-refractivity contribution in [2.45, 2.75) is 0 Å². The number of rotatable bonds is 5. The maximum Gasteiger partial charge on any atom is 0.203 e. The van der Waals surface area contributed by atoms with E-state index in [-0.39, 0.29) is 22.8 Å². The summed E-state index contributed by atoms with van der Waals surface area (Å²) in [6.07, 6.45) is 3.11. The van der Waals surface area contributed by atoms with Crippen molar-refractivity contribution in [2.75, 3.05) is 14.2 Å². The third-order valence-electron chi connectivity index (χ3n) is 3.01. The second-order valence-corrected chi connectivity index (χ2v) is 4.31. The molecule has 0 fully saturated rings. The van der Waals surface area contributed by atoms with E-state index in [0.717, 1.165) is 5.56 Å². The first-order valence-corrected chi connectivity index (χ1v) is 6.38. The van der Waals surface area contributed by atoms with Crippen LogP contribution in [0, 0.1) is 0 Å². The average Bonchev–Trinajstić information content (AvgIpc) is 2.53. The van der Waals surface area contributed by atoms with Gasteiger partial charge in [0.1, 0.15) is 0 Å². The summed E-state index contributed by atoms with van der Waals surface area (Å²) in [5, 5.41) is 10.1. The van der Waals surface area contributed by atoms with E-state index in [2.05, 4.69) is 0 Å². The van der Waals surface area contributed by atoms with Crippen LogP contribution < -0.4 is 9.47 Å². The van der Waals surface area contributed by atoms with Gasteiger partial charge >= 0.3 is 0 Å². The lowest BCUT2D eigenvalue weighted by molar-refractivity contribution is 0.104. The zero-order valence-corrected chi connectivity index (χ0v) is 11.9. The van der Waals surface area contributed by atoms with E-state index in [1.165, 1.54) is 26.4 Å². The van der Waals surface area contributed by atoms with E-state index in [4.69, 9.17) is 9.47 Å². The molecule has 21 heavy (non-hydrogen) atoms. The Balaban J connectivity index is 2.30. The molecule has 0 spiro atoms. The van der Waals surface area contributed by atoms with Gasteiger partial charge in [0.2, 0.25) is 5.75 Å². The second kappa shape index (κ2) is 6.61. The fraction of sp³-hybridized carbons (Fsp3) is 0.118. The quantitative estimate of drug-likeness (QED) is 0.676. The Bertz CT molecular complexity index is 660. The molecule has 0 heterocycles. The van der Waals surface area contributed by atoms with Gasteiger partial charge in [-0.3, -0.25) is 4.79 Å². The Kier molecular flexibility index (Phi) is 4.61. The Morgan fingerprint density at radius 1 is 1.05 bits per heavy atom. The van der Waals surface area contributed by atoms with Gasteiger partial charge in [-0.25, -0.2) is 0 Å². The van der Waals surface area contributed by atoms with Gasteiger partial charge < -0.3 is 14.6 Å². The molecule has 0 unspecified atom stereocenters. The minimum absolute atomic E-state index is 0.150. The van der Waals surface area contributed by atoms with Crippen LogP contribution >= 0.6 is 0 Å². The van der Waals surface area contributed by atoms with Crippen LogP contribution in [0.3, 0.4) is 0 Å². The highest BCUT2D eigenvalue weighted by atomic mass is 16.5. The normalized spacial score (nSPS) is 10.6. The van der Waals surface area contributed by atoms with Crippen LogP contribution in [0.1, 0.15) is 15.9 Å².